The molecule has 0 aliphatic carbocycles. The second kappa shape index (κ2) is 5.83. The summed E-state index contributed by atoms with van der Waals surface area (Å²) in [6.07, 6.45) is 0. The van der Waals surface area contributed by atoms with Crippen molar-refractivity contribution >= 4 is 11.5 Å². The smallest absolute Gasteiger partial charge is 0.310 e. The van der Waals surface area contributed by atoms with Crippen LogP contribution in [0.2, 0.25) is 0 Å². The molecule has 0 aromatic heterocycles. The van der Waals surface area contributed by atoms with Gasteiger partial charge in [-0.3, -0.25) is 15.5 Å². The zero-order valence-electron chi connectivity index (χ0n) is 10.6. The summed E-state index contributed by atoms with van der Waals surface area (Å²) in [5.41, 5.74) is 6.66. The van der Waals surface area contributed by atoms with Crippen molar-refractivity contribution < 1.29 is 9.66 Å². The molecular formula is C14H13N3O3. The Balaban J connectivity index is 2.22. The van der Waals surface area contributed by atoms with E-state index in [0.29, 0.717) is 11.1 Å². The van der Waals surface area contributed by atoms with Gasteiger partial charge in [0.15, 0.2) is 5.75 Å². The van der Waals surface area contributed by atoms with E-state index in [1.165, 1.54) is 12.1 Å². The van der Waals surface area contributed by atoms with Crippen LogP contribution in [0.4, 0.5) is 5.69 Å². The van der Waals surface area contributed by atoms with Crippen LogP contribution in [-0.2, 0) is 6.61 Å². The molecule has 20 heavy (non-hydrogen) atoms. The van der Waals surface area contributed by atoms with Crippen molar-refractivity contribution in [1.82, 2.24) is 0 Å². The Morgan fingerprint density at radius 3 is 2.55 bits per heavy atom. The molecule has 0 aliphatic heterocycles. The SMILES string of the molecule is N=C(N)c1ccccc1COc1ccccc1[N+](=O)[O-]. The highest BCUT2D eigenvalue weighted by atomic mass is 16.6. The minimum atomic E-state index is -0.494. The molecule has 6 heteroatoms. The maximum atomic E-state index is 10.9. The quantitative estimate of drug-likeness (QED) is 0.377. The number of ether oxygens (including phenoxy) is 1. The maximum Gasteiger partial charge on any atom is 0.310 e. The molecule has 102 valence electrons. The highest BCUT2D eigenvalue weighted by Crippen LogP contribution is 2.26. The first-order valence-corrected chi connectivity index (χ1v) is 5.88. The lowest BCUT2D eigenvalue weighted by Crippen LogP contribution is -2.14. The molecule has 0 aliphatic rings. The van der Waals surface area contributed by atoms with Crippen molar-refractivity contribution in [1.29, 1.82) is 5.41 Å². The van der Waals surface area contributed by atoms with Gasteiger partial charge in [0.1, 0.15) is 12.4 Å². The largest absolute Gasteiger partial charge is 0.482 e. The summed E-state index contributed by atoms with van der Waals surface area (Å²) in [6, 6.07) is 13.2. The average Bonchev–Trinajstić information content (AvgIpc) is 2.45. The Hall–Kier alpha value is -2.89. The van der Waals surface area contributed by atoms with Crippen molar-refractivity contribution in [2.75, 3.05) is 0 Å². The van der Waals surface area contributed by atoms with Gasteiger partial charge in [-0.2, -0.15) is 0 Å². The lowest BCUT2D eigenvalue weighted by Gasteiger charge is -2.10. The number of para-hydroxylation sites is 2. The third kappa shape index (κ3) is 2.92. The van der Waals surface area contributed by atoms with Crippen LogP contribution in [0.15, 0.2) is 48.5 Å². The summed E-state index contributed by atoms with van der Waals surface area (Å²) in [7, 11) is 0. The zero-order valence-corrected chi connectivity index (χ0v) is 10.6. The molecule has 2 aromatic carbocycles. The molecule has 0 atom stereocenters. The number of nitro groups is 1. The summed E-state index contributed by atoms with van der Waals surface area (Å²) in [5.74, 6) is 0.127. The predicted octanol–water partition coefficient (Wildman–Crippen LogP) is 2.46. The molecule has 2 aromatic rings. The van der Waals surface area contributed by atoms with Crippen molar-refractivity contribution in [2.45, 2.75) is 6.61 Å². The summed E-state index contributed by atoms with van der Waals surface area (Å²) < 4.78 is 5.48. The number of benzene rings is 2. The fourth-order valence-corrected chi connectivity index (χ4v) is 1.79. The van der Waals surface area contributed by atoms with Crippen LogP contribution in [0.25, 0.3) is 0 Å². The topological polar surface area (TPSA) is 102 Å². The molecule has 2 rings (SSSR count). The van der Waals surface area contributed by atoms with Gasteiger partial charge in [0, 0.05) is 17.2 Å². The average molecular weight is 271 g/mol. The number of nitrogen functional groups attached to an aromatic ring is 1. The standard InChI is InChI=1S/C14H13N3O3/c15-14(16)11-6-2-1-5-10(11)9-20-13-8-4-3-7-12(13)17(18)19/h1-8H,9H2,(H3,15,16). The van der Waals surface area contributed by atoms with E-state index >= 15 is 0 Å². The highest BCUT2D eigenvalue weighted by molar-refractivity contribution is 5.96. The summed E-state index contributed by atoms with van der Waals surface area (Å²) in [6.45, 7) is 0.112. The Morgan fingerprint density at radius 1 is 1.20 bits per heavy atom. The summed E-state index contributed by atoms with van der Waals surface area (Å²) in [4.78, 5) is 10.4. The first-order valence-electron chi connectivity index (χ1n) is 5.88. The molecule has 0 saturated heterocycles. The lowest BCUT2D eigenvalue weighted by atomic mass is 10.1. The van der Waals surface area contributed by atoms with Gasteiger partial charge in [0.25, 0.3) is 0 Å². The van der Waals surface area contributed by atoms with Gasteiger partial charge in [-0.25, -0.2) is 0 Å². The first kappa shape index (κ1) is 13.5. The van der Waals surface area contributed by atoms with E-state index in [1.807, 2.05) is 0 Å². The van der Waals surface area contributed by atoms with E-state index < -0.39 is 4.92 Å². The third-order valence-corrected chi connectivity index (χ3v) is 2.75. The van der Waals surface area contributed by atoms with Crippen molar-refractivity contribution in [3.63, 3.8) is 0 Å². The van der Waals surface area contributed by atoms with Gasteiger partial charge < -0.3 is 10.5 Å². The fourth-order valence-electron chi connectivity index (χ4n) is 1.79. The van der Waals surface area contributed by atoms with E-state index in [1.54, 1.807) is 36.4 Å². The van der Waals surface area contributed by atoms with Crippen LogP contribution in [0.5, 0.6) is 5.75 Å². The molecule has 3 N–H and O–H groups in total. The molecule has 0 spiro atoms. The van der Waals surface area contributed by atoms with Crippen molar-refractivity contribution in [2.24, 2.45) is 5.73 Å². The van der Waals surface area contributed by atoms with Gasteiger partial charge in [-0.15, -0.1) is 0 Å². The van der Waals surface area contributed by atoms with E-state index in [0.717, 1.165) is 0 Å². The van der Waals surface area contributed by atoms with Crippen molar-refractivity contribution in [3.8, 4) is 5.75 Å². The van der Waals surface area contributed by atoms with Crippen LogP contribution in [-0.4, -0.2) is 10.8 Å². The maximum absolute atomic E-state index is 10.9. The molecular weight excluding hydrogens is 258 g/mol. The predicted molar refractivity (Wildman–Crippen MR) is 74.9 cm³/mol. The number of nitrogens with one attached hydrogen (secondary N) is 1. The molecule has 0 fully saturated rings. The van der Waals surface area contributed by atoms with Crippen LogP contribution in [0.3, 0.4) is 0 Å². The second-order valence-corrected chi connectivity index (χ2v) is 4.08. The molecule has 0 bridgehead atoms. The number of amidine groups is 1. The number of nitrogens with zero attached hydrogens (tertiary/aromatic N) is 1. The normalized spacial score (nSPS) is 10.0. The van der Waals surface area contributed by atoms with E-state index in [9.17, 15) is 10.1 Å². The molecule has 0 saturated carbocycles. The van der Waals surface area contributed by atoms with Crippen LogP contribution < -0.4 is 10.5 Å². The molecule has 6 nitrogen and oxygen atoms in total. The zero-order chi connectivity index (χ0) is 14.5. The van der Waals surface area contributed by atoms with E-state index in [4.69, 9.17) is 15.9 Å². The Bertz CT molecular complexity index is 598. The van der Waals surface area contributed by atoms with Gasteiger partial charge in [0.2, 0.25) is 0 Å². The number of nitro benzene ring substituents is 1. The summed E-state index contributed by atoms with van der Waals surface area (Å²) in [5, 5.41) is 18.4. The van der Waals surface area contributed by atoms with Crippen LogP contribution in [0.1, 0.15) is 11.1 Å². The highest BCUT2D eigenvalue weighted by Gasteiger charge is 2.14. The molecule has 0 radical (unpaired) electrons. The summed E-state index contributed by atoms with van der Waals surface area (Å²) >= 11 is 0. The molecule has 0 amide bonds. The Morgan fingerprint density at radius 2 is 1.85 bits per heavy atom. The monoisotopic (exact) mass is 271 g/mol. The number of rotatable bonds is 5. The minimum absolute atomic E-state index is 0.0632. The minimum Gasteiger partial charge on any atom is -0.482 e. The van der Waals surface area contributed by atoms with Gasteiger partial charge in [-0.1, -0.05) is 36.4 Å². The third-order valence-electron chi connectivity index (χ3n) is 2.75. The molecule has 0 heterocycles. The van der Waals surface area contributed by atoms with E-state index in [-0.39, 0.29) is 23.9 Å². The molecule has 0 unspecified atom stereocenters. The lowest BCUT2D eigenvalue weighted by molar-refractivity contribution is -0.385. The van der Waals surface area contributed by atoms with Crippen LogP contribution >= 0.6 is 0 Å². The number of hydrogen-bond donors (Lipinski definition) is 2. The Labute approximate surface area is 115 Å². The van der Waals surface area contributed by atoms with Crippen molar-refractivity contribution in [3.05, 3.63) is 69.8 Å². The number of hydrogen-bond acceptors (Lipinski definition) is 4. The van der Waals surface area contributed by atoms with Gasteiger partial charge in [0.05, 0.1) is 4.92 Å². The Kier molecular flexibility index (Phi) is 3.95. The van der Waals surface area contributed by atoms with Gasteiger partial charge >= 0.3 is 5.69 Å². The first-order chi connectivity index (χ1) is 9.59. The van der Waals surface area contributed by atoms with E-state index in [2.05, 4.69) is 0 Å². The number of nitrogens with two attached hydrogens (primary N) is 1. The second-order valence-electron chi connectivity index (χ2n) is 4.08. The van der Waals surface area contributed by atoms with Gasteiger partial charge in [-0.05, 0) is 6.07 Å². The fraction of sp³-hybridized carbons (Fsp3) is 0.0714. The van der Waals surface area contributed by atoms with Crippen LogP contribution in [0, 0.1) is 15.5 Å².